The van der Waals surface area contributed by atoms with Crippen LogP contribution in [0.2, 0.25) is 0 Å². The van der Waals surface area contributed by atoms with Crippen molar-refractivity contribution in [3.05, 3.63) is 70.3 Å². The Balaban J connectivity index is 1.58. The topological polar surface area (TPSA) is 125 Å². The average molecular weight is 477 g/mol. The van der Waals surface area contributed by atoms with E-state index in [2.05, 4.69) is 30.7 Å². The second kappa shape index (κ2) is 8.84. The molecule has 2 amide bonds. The number of fused-ring (bicyclic) bond motifs is 1. The van der Waals surface area contributed by atoms with Crippen LogP contribution < -0.4 is 26.2 Å². The molecule has 0 bridgehead atoms. The van der Waals surface area contributed by atoms with Crippen molar-refractivity contribution in [3.63, 3.8) is 0 Å². The Morgan fingerprint density at radius 2 is 1.82 bits per heavy atom. The van der Waals surface area contributed by atoms with Crippen molar-refractivity contribution in [3.8, 4) is 5.75 Å². The molecule has 0 radical (unpaired) electrons. The highest BCUT2D eigenvalue weighted by atomic mass is 19.4. The van der Waals surface area contributed by atoms with Gasteiger partial charge in [-0.15, -0.1) is 13.2 Å². The molecule has 13 heteroatoms. The molecule has 176 valence electrons. The van der Waals surface area contributed by atoms with E-state index >= 15 is 0 Å². The fourth-order valence-corrected chi connectivity index (χ4v) is 3.32. The molecule has 1 aromatic heterocycles. The lowest BCUT2D eigenvalue weighted by Crippen LogP contribution is -2.36. The number of rotatable bonds is 5. The van der Waals surface area contributed by atoms with Crippen LogP contribution in [-0.4, -0.2) is 28.1 Å². The first-order chi connectivity index (χ1) is 16.1. The first kappa shape index (κ1) is 22.8. The van der Waals surface area contributed by atoms with E-state index in [-0.39, 0.29) is 29.4 Å². The summed E-state index contributed by atoms with van der Waals surface area (Å²) in [7, 11) is 0. The fraction of sp³-hybridized carbons (Fsp3) is 0.143. The summed E-state index contributed by atoms with van der Waals surface area (Å²) >= 11 is 0. The Morgan fingerprint density at radius 1 is 1.09 bits per heavy atom. The Bertz CT molecular complexity index is 1310. The lowest BCUT2D eigenvalue weighted by atomic mass is 9.92. The zero-order chi connectivity index (χ0) is 24.5. The monoisotopic (exact) mass is 477 g/mol. The van der Waals surface area contributed by atoms with Gasteiger partial charge in [0.25, 0.3) is 5.56 Å². The Labute approximate surface area is 188 Å². The van der Waals surface area contributed by atoms with Crippen molar-refractivity contribution in [2.24, 2.45) is 0 Å². The molecule has 1 unspecified atom stereocenters. The van der Waals surface area contributed by atoms with Gasteiger partial charge in [-0.1, -0.05) is 6.07 Å². The molecule has 4 N–H and O–H groups in total. The molecular formula is C21H15F4N5O4. The number of aromatic amines is 1. The third kappa shape index (κ3) is 5.31. The number of aromatic nitrogens is 2. The van der Waals surface area contributed by atoms with Crippen molar-refractivity contribution >= 4 is 35.0 Å². The molecule has 2 aromatic carbocycles. The number of anilines is 4. The Kier molecular flexibility index (Phi) is 5.92. The third-order valence-electron chi connectivity index (χ3n) is 4.71. The predicted molar refractivity (Wildman–Crippen MR) is 112 cm³/mol. The van der Waals surface area contributed by atoms with Gasteiger partial charge in [-0.25, -0.2) is 4.39 Å². The largest absolute Gasteiger partial charge is 0.573 e. The summed E-state index contributed by atoms with van der Waals surface area (Å²) in [6.45, 7) is 0. The number of ether oxygens (including phenoxy) is 1. The quantitative estimate of drug-likeness (QED) is 0.416. The number of carbonyl (C=O) groups is 2. The van der Waals surface area contributed by atoms with Gasteiger partial charge in [0.1, 0.15) is 17.4 Å². The number of alkyl halides is 3. The standard InChI is InChI=1S/C21H15F4N5O4/c22-10-4-6-11(7-5-10)27-20-29-17-16(19(33)30-20)14(9-15(31)28-17)18(32)26-12-2-1-3-13(8-12)34-21(23,24)25/h1-8,14H,9H2,(H,26,32)(H3,27,28,29,30,31,33). The Morgan fingerprint density at radius 3 is 2.53 bits per heavy atom. The summed E-state index contributed by atoms with van der Waals surface area (Å²) in [6.07, 6.45) is -5.30. The lowest BCUT2D eigenvalue weighted by Gasteiger charge is -2.23. The van der Waals surface area contributed by atoms with Crippen LogP contribution in [0.5, 0.6) is 5.75 Å². The van der Waals surface area contributed by atoms with Crippen LogP contribution >= 0.6 is 0 Å². The molecule has 34 heavy (non-hydrogen) atoms. The summed E-state index contributed by atoms with van der Waals surface area (Å²) < 4.78 is 54.2. The number of nitrogens with one attached hydrogen (secondary N) is 4. The van der Waals surface area contributed by atoms with Gasteiger partial charge in [-0.05, 0) is 36.4 Å². The summed E-state index contributed by atoms with van der Waals surface area (Å²) in [5, 5.41) is 7.57. The second-order valence-electron chi connectivity index (χ2n) is 7.18. The van der Waals surface area contributed by atoms with Crippen LogP contribution in [-0.2, 0) is 9.59 Å². The number of hydrogen-bond donors (Lipinski definition) is 4. The van der Waals surface area contributed by atoms with E-state index in [4.69, 9.17) is 0 Å². The number of H-pyrrole nitrogens is 1. The zero-order valence-electron chi connectivity index (χ0n) is 17.0. The van der Waals surface area contributed by atoms with Gasteiger partial charge in [0.05, 0.1) is 11.5 Å². The van der Waals surface area contributed by atoms with Gasteiger partial charge in [0, 0.05) is 23.9 Å². The van der Waals surface area contributed by atoms with Crippen LogP contribution in [0.4, 0.5) is 40.7 Å². The molecule has 2 heterocycles. The summed E-state index contributed by atoms with van der Waals surface area (Å²) in [5.41, 5.74) is -0.464. The molecule has 0 saturated carbocycles. The SMILES string of the molecule is O=C1CC(C(=O)Nc2cccc(OC(F)(F)F)c2)c2c(nc(Nc3ccc(F)cc3)[nH]c2=O)N1. The molecule has 0 spiro atoms. The molecular weight excluding hydrogens is 462 g/mol. The van der Waals surface area contributed by atoms with Crippen LogP contribution in [0.15, 0.2) is 53.3 Å². The van der Waals surface area contributed by atoms with Gasteiger partial charge >= 0.3 is 6.36 Å². The molecule has 9 nitrogen and oxygen atoms in total. The van der Waals surface area contributed by atoms with Gasteiger partial charge in [-0.2, -0.15) is 4.98 Å². The van der Waals surface area contributed by atoms with Gasteiger partial charge < -0.3 is 20.7 Å². The smallest absolute Gasteiger partial charge is 0.406 e. The van der Waals surface area contributed by atoms with Crippen LogP contribution in [0.3, 0.4) is 0 Å². The third-order valence-corrected chi connectivity index (χ3v) is 4.71. The number of carbonyl (C=O) groups excluding carboxylic acids is 2. The zero-order valence-corrected chi connectivity index (χ0v) is 17.0. The highest BCUT2D eigenvalue weighted by Gasteiger charge is 2.35. The van der Waals surface area contributed by atoms with Crippen molar-refractivity contribution in [2.45, 2.75) is 18.7 Å². The van der Waals surface area contributed by atoms with Crippen molar-refractivity contribution < 1.29 is 31.9 Å². The van der Waals surface area contributed by atoms with E-state index < -0.39 is 41.2 Å². The minimum absolute atomic E-state index is 0.0294. The summed E-state index contributed by atoms with van der Waals surface area (Å²) in [6, 6.07) is 9.75. The van der Waals surface area contributed by atoms with E-state index in [1.165, 1.54) is 36.4 Å². The van der Waals surface area contributed by atoms with E-state index in [1.54, 1.807) is 0 Å². The molecule has 0 saturated heterocycles. The first-order valence-electron chi connectivity index (χ1n) is 9.71. The summed E-state index contributed by atoms with van der Waals surface area (Å²) in [5.74, 6) is -3.88. The number of amides is 2. The molecule has 0 fully saturated rings. The average Bonchev–Trinajstić information content (AvgIpc) is 2.73. The molecule has 1 aliphatic heterocycles. The lowest BCUT2D eigenvalue weighted by molar-refractivity contribution is -0.274. The van der Waals surface area contributed by atoms with E-state index in [9.17, 15) is 31.9 Å². The van der Waals surface area contributed by atoms with Crippen LogP contribution in [0.25, 0.3) is 0 Å². The van der Waals surface area contributed by atoms with Gasteiger partial charge in [-0.3, -0.25) is 19.4 Å². The van der Waals surface area contributed by atoms with E-state index in [0.717, 1.165) is 12.1 Å². The number of benzene rings is 2. The number of nitrogens with zero attached hydrogens (tertiary/aromatic N) is 1. The molecule has 0 aliphatic carbocycles. The maximum absolute atomic E-state index is 13.1. The van der Waals surface area contributed by atoms with Gasteiger partial charge in [0.15, 0.2) is 0 Å². The molecule has 1 aliphatic rings. The molecule has 1 atom stereocenters. The second-order valence-corrected chi connectivity index (χ2v) is 7.18. The van der Waals surface area contributed by atoms with Gasteiger partial charge in [0.2, 0.25) is 17.8 Å². The van der Waals surface area contributed by atoms with E-state index in [1.807, 2.05) is 0 Å². The summed E-state index contributed by atoms with van der Waals surface area (Å²) in [4.78, 5) is 44.3. The van der Waals surface area contributed by atoms with Crippen molar-refractivity contribution in [2.75, 3.05) is 16.0 Å². The normalized spacial score (nSPS) is 15.2. The predicted octanol–water partition coefficient (Wildman–Crippen LogP) is 3.62. The molecule has 3 aromatic rings. The highest BCUT2D eigenvalue weighted by molar-refractivity contribution is 6.04. The molecule has 4 rings (SSSR count). The van der Waals surface area contributed by atoms with Crippen molar-refractivity contribution in [1.82, 2.24) is 9.97 Å². The number of hydrogen-bond acceptors (Lipinski definition) is 6. The van der Waals surface area contributed by atoms with Crippen molar-refractivity contribution in [1.29, 1.82) is 0 Å². The number of halogens is 4. The minimum Gasteiger partial charge on any atom is -0.406 e. The fourth-order valence-electron chi connectivity index (χ4n) is 3.32. The van der Waals surface area contributed by atoms with Crippen LogP contribution in [0, 0.1) is 5.82 Å². The Hall–Kier alpha value is -4.42. The highest BCUT2D eigenvalue weighted by Crippen LogP contribution is 2.31. The maximum Gasteiger partial charge on any atom is 0.573 e. The maximum atomic E-state index is 13.1. The first-order valence-corrected chi connectivity index (χ1v) is 9.71. The minimum atomic E-state index is -4.92. The van der Waals surface area contributed by atoms with E-state index in [0.29, 0.717) is 5.69 Å². The van der Waals surface area contributed by atoms with Crippen LogP contribution in [0.1, 0.15) is 17.9 Å².